The van der Waals surface area contributed by atoms with Crippen LogP contribution in [-0.4, -0.2) is 29.8 Å². The Bertz CT molecular complexity index is 518. The Morgan fingerprint density at radius 2 is 1.90 bits per heavy atom. The molecule has 6 heteroatoms. The fraction of sp³-hybridized carbons (Fsp3) is 0.286. The maximum absolute atomic E-state index is 10.5. The van der Waals surface area contributed by atoms with Gasteiger partial charge in [-0.3, -0.25) is 10.1 Å². The first-order valence-electron chi connectivity index (χ1n) is 6.09. The molecule has 1 heterocycles. The van der Waals surface area contributed by atoms with E-state index in [1.165, 1.54) is 12.1 Å². The van der Waals surface area contributed by atoms with E-state index in [0.29, 0.717) is 13.2 Å². The number of halogens is 1. The number of rotatable bonds is 5. The normalized spacial score (nSPS) is 18.1. The number of nitrogens with zero attached hydrogens (tertiary/aromatic N) is 1. The van der Waals surface area contributed by atoms with Crippen molar-refractivity contribution in [3.63, 3.8) is 0 Å². The predicted molar refractivity (Wildman–Crippen MR) is 76.6 cm³/mol. The van der Waals surface area contributed by atoms with E-state index in [0.717, 1.165) is 5.56 Å². The molecule has 0 spiro atoms. The Labute approximate surface area is 121 Å². The van der Waals surface area contributed by atoms with Gasteiger partial charge >= 0.3 is 0 Å². The van der Waals surface area contributed by atoms with Crippen LogP contribution in [-0.2, 0) is 9.47 Å². The van der Waals surface area contributed by atoms with Crippen LogP contribution in [0.1, 0.15) is 5.56 Å². The third-order valence-electron chi connectivity index (χ3n) is 2.82. The number of ether oxygens (including phenoxy) is 2. The first-order chi connectivity index (χ1) is 9.65. The lowest BCUT2D eigenvalue weighted by Gasteiger charge is -2.19. The van der Waals surface area contributed by atoms with Crippen LogP contribution in [0.3, 0.4) is 0 Å². The van der Waals surface area contributed by atoms with Gasteiger partial charge in [0.15, 0.2) is 0 Å². The van der Waals surface area contributed by atoms with Gasteiger partial charge in [-0.1, -0.05) is 18.2 Å². The number of benzene rings is 1. The molecule has 20 heavy (non-hydrogen) atoms. The number of allylic oxidation sites excluding steroid dienone is 2. The van der Waals surface area contributed by atoms with Crippen LogP contribution in [0, 0.1) is 10.1 Å². The number of non-ortho nitro benzene ring substituents is 1. The highest BCUT2D eigenvalue weighted by atomic mass is 35.5. The van der Waals surface area contributed by atoms with E-state index in [-0.39, 0.29) is 11.6 Å². The Kier molecular flexibility index (Phi) is 4.89. The van der Waals surface area contributed by atoms with Crippen LogP contribution in [0.15, 0.2) is 42.5 Å². The summed E-state index contributed by atoms with van der Waals surface area (Å²) in [5.41, 5.74) is 0.944. The van der Waals surface area contributed by atoms with Crippen molar-refractivity contribution in [2.75, 3.05) is 19.1 Å². The second-order valence-electron chi connectivity index (χ2n) is 4.21. The van der Waals surface area contributed by atoms with Gasteiger partial charge in [0.05, 0.1) is 24.0 Å². The Morgan fingerprint density at radius 3 is 2.45 bits per heavy atom. The number of hydrogen-bond donors (Lipinski definition) is 0. The molecule has 0 aromatic heterocycles. The molecule has 0 amide bonds. The molecule has 106 valence electrons. The van der Waals surface area contributed by atoms with Crippen molar-refractivity contribution in [2.24, 2.45) is 0 Å². The highest BCUT2D eigenvalue weighted by Crippen LogP contribution is 2.22. The van der Waals surface area contributed by atoms with Gasteiger partial charge in [0.1, 0.15) is 0 Å². The summed E-state index contributed by atoms with van der Waals surface area (Å²) in [5.74, 6) is -0.601. The van der Waals surface area contributed by atoms with E-state index >= 15 is 0 Å². The van der Waals surface area contributed by atoms with Gasteiger partial charge in [0.2, 0.25) is 5.79 Å². The van der Waals surface area contributed by atoms with Crippen molar-refractivity contribution in [3.05, 3.63) is 58.2 Å². The van der Waals surface area contributed by atoms with Gasteiger partial charge in [0.25, 0.3) is 5.69 Å². The van der Waals surface area contributed by atoms with Crippen molar-refractivity contribution in [1.82, 2.24) is 0 Å². The van der Waals surface area contributed by atoms with Gasteiger partial charge in [0, 0.05) is 12.1 Å². The molecule has 1 aromatic carbocycles. The van der Waals surface area contributed by atoms with Gasteiger partial charge < -0.3 is 9.47 Å². The molecule has 1 saturated heterocycles. The minimum atomic E-state index is -0.832. The second-order valence-corrected chi connectivity index (χ2v) is 4.48. The zero-order valence-corrected chi connectivity index (χ0v) is 11.5. The minimum absolute atomic E-state index is 0.0755. The van der Waals surface area contributed by atoms with Crippen LogP contribution in [0.4, 0.5) is 5.69 Å². The average molecular weight is 296 g/mol. The van der Waals surface area contributed by atoms with E-state index in [4.69, 9.17) is 21.1 Å². The second kappa shape index (κ2) is 6.65. The fourth-order valence-corrected chi connectivity index (χ4v) is 2.01. The van der Waals surface area contributed by atoms with Gasteiger partial charge in [-0.15, -0.1) is 11.6 Å². The first-order valence-corrected chi connectivity index (χ1v) is 6.63. The number of nitro benzene ring substituents is 1. The van der Waals surface area contributed by atoms with E-state index in [1.807, 2.05) is 6.08 Å². The average Bonchev–Trinajstić information content (AvgIpc) is 2.93. The highest BCUT2D eigenvalue weighted by Gasteiger charge is 2.32. The smallest absolute Gasteiger partial charge is 0.269 e. The van der Waals surface area contributed by atoms with Crippen LogP contribution < -0.4 is 0 Å². The molecule has 1 aromatic rings. The SMILES string of the molecule is O=[N+]([O-])c1ccc(/C=C\C=C/C2(CCl)OCCO2)cc1. The molecule has 0 unspecified atom stereocenters. The third kappa shape index (κ3) is 3.66. The Hall–Kier alpha value is -1.69. The number of nitro groups is 1. The van der Waals surface area contributed by atoms with E-state index < -0.39 is 10.7 Å². The van der Waals surface area contributed by atoms with Gasteiger partial charge in [-0.05, 0) is 23.8 Å². The van der Waals surface area contributed by atoms with Crippen molar-refractivity contribution in [2.45, 2.75) is 5.79 Å². The maximum Gasteiger partial charge on any atom is 0.269 e. The standard InChI is InChI=1S/C14H14ClNO4/c15-11-14(19-9-10-20-14)8-2-1-3-12-4-6-13(7-5-12)16(17)18/h1-8H,9-11H2/b3-1-,8-2-. The summed E-state index contributed by atoms with van der Waals surface area (Å²) in [6, 6.07) is 6.30. The van der Waals surface area contributed by atoms with Gasteiger partial charge in [-0.2, -0.15) is 0 Å². The van der Waals surface area contributed by atoms with E-state index in [2.05, 4.69) is 0 Å². The molecule has 1 aliphatic heterocycles. The summed E-state index contributed by atoms with van der Waals surface area (Å²) < 4.78 is 10.9. The summed E-state index contributed by atoms with van der Waals surface area (Å²) in [4.78, 5) is 10.1. The molecule has 5 nitrogen and oxygen atoms in total. The maximum atomic E-state index is 10.5. The molecule has 0 aliphatic carbocycles. The van der Waals surface area contributed by atoms with Crippen LogP contribution in [0.5, 0.6) is 0 Å². The fourth-order valence-electron chi connectivity index (χ4n) is 1.76. The number of alkyl halides is 1. The summed E-state index contributed by atoms with van der Waals surface area (Å²) in [5, 5.41) is 10.5. The van der Waals surface area contributed by atoms with Crippen LogP contribution in [0.25, 0.3) is 6.08 Å². The zero-order valence-electron chi connectivity index (χ0n) is 10.7. The molecular weight excluding hydrogens is 282 g/mol. The van der Waals surface area contributed by atoms with Crippen LogP contribution in [0.2, 0.25) is 0 Å². The largest absolute Gasteiger partial charge is 0.343 e. The lowest BCUT2D eigenvalue weighted by atomic mass is 10.2. The molecular formula is C14H14ClNO4. The summed E-state index contributed by atoms with van der Waals surface area (Å²) in [6.07, 6.45) is 7.18. The molecule has 0 bridgehead atoms. The lowest BCUT2D eigenvalue weighted by molar-refractivity contribution is -0.384. The molecule has 1 aliphatic rings. The van der Waals surface area contributed by atoms with Crippen molar-refractivity contribution in [1.29, 1.82) is 0 Å². The summed E-state index contributed by atoms with van der Waals surface area (Å²) in [7, 11) is 0. The van der Waals surface area contributed by atoms with E-state index in [9.17, 15) is 10.1 Å². The highest BCUT2D eigenvalue weighted by molar-refractivity contribution is 6.18. The molecule has 0 atom stereocenters. The van der Waals surface area contributed by atoms with Crippen molar-refractivity contribution in [3.8, 4) is 0 Å². The monoisotopic (exact) mass is 295 g/mol. The summed E-state index contributed by atoms with van der Waals surface area (Å²) in [6.45, 7) is 1.06. The Morgan fingerprint density at radius 1 is 1.25 bits per heavy atom. The van der Waals surface area contributed by atoms with Crippen LogP contribution >= 0.6 is 11.6 Å². The van der Waals surface area contributed by atoms with Crippen molar-refractivity contribution < 1.29 is 14.4 Å². The summed E-state index contributed by atoms with van der Waals surface area (Å²) >= 11 is 5.82. The van der Waals surface area contributed by atoms with Crippen molar-refractivity contribution >= 4 is 23.4 Å². The molecule has 0 radical (unpaired) electrons. The molecule has 1 fully saturated rings. The lowest BCUT2D eigenvalue weighted by Crippen LogP contribution is -2.29. The quantitative estimate of drug-likeness (QED) is 0.362. The third-order valence-corrected chi connectivity index (χ3v) is 3.19. The topological polar surface area (TPSA) is 61.6 Å². The predicted octanol–water partition coefficient (Wildman–Crippen LogP) is 3.15. The zero-order chi connectivity index (χ0) is 14.4. The van der Waals surface area contributed by atoms with Gasteiger partial charge in [-0.25, -0.2) is 0 Å². The number of hydrogen-bond acceptors (Lipinski definition) is 4. The minimum Gasteiger partial charge on any atom is -0.343 e. The Balaban J connectivity index is 1.97. The molecule has 0 N–H and O–H groups in total. The molecule has 2 rings (SSSR count). The van der Waals surface area contributed by atoms with E-state index in [1.54, 1.807) is 30.4 Å². The first kappa shape index (κ1) is 14.7. The molecule has 0 saturated carbocycles.